The molecule has 1 aromatic carbocycles. The summed E-state index contributed by atoms with van der Waals surface area (Å²) in [6.45, 7) is 9.03. The van der Waals surface area contributed by atoms with Gasteiger partial charge in [0.2, 0.25) is 5.95 Å². The van der Waals surface area contributed by atoms with Gasteiger partial charge in [-0.15, -0.1) is 0 Å². The first-order valence-electron chi connectivity index (χ1n) is 9.77. The summed E-state index contributed by atoms with van der Waals surface area (Å²) in [6, 6.07) is 6.40. The Balaban J connectivity index is 1.55. The van der Waals surface area contributed by atoms with Crippen molar-refractivity contribution in [2.75, 3.05) is 63.6 Å². The first-order chi connectivity index (χ1) is 13.5. The van der Waals surface area contributed by atoms with Crippen LogP contribution in [0.2, 0.25) is 0 Å². The van der Waals surface area contributed by atoms with E-state index < -0.39 is 0 Å². The maximum absolute atomic E-state index is 12.8. The van der Waals surface area contributed by atoms with E-state index in [9.17, 15) is 4.79 Å². The lowest BCUT2D eigenvalue weighted by molar-refractivity contribution is 0.0746. The number of aryl methyl sites for hydroxylation is 1. The van der Waals surface area contributed by atoms with Crippen molar-refractivity contribution in [3.8, 4) is 0 Å². The van der Waals surface area contributed by atoms with Crippen LogP contribution in [0, 0.1) is 13.8 Å². The molecular weight excluding hydrogens is 352 g/mol. The molecule has 1 aromatic heterocycles. The number of anilines is 2. The first kappa shape index (κ1) is 20.1. The summed E-state index contributed by atoms with van der Waals surface area (Å²) in [4.78, 5) is 27.7. The fourth-order valence-corrected chi connectivity index (χ4v) is 3.33. The Morgan fingerprint density at radius 1 is 1.11 bits per heavy atom. The molecule has 1 aliphatic rings. The zero-order valence-corrected chi connectivity index (χ0v) is 17.3. The second kappa shape index (κ2) is 9.01. The number of hydrogen-bond acceptors (Lipinski definition) is 6. The summed E-state index contributed by atoms with van der Waals surface area (Å²) in [7, 11) is 4.04. The van der Waals surface area contributed by atoms with Crippen LogP contribution in [-0.4, -0.2) is 79.0 Å². The summed E-state index contributed by atoms with van der Waals surface area (Å²) in [5.41, 5.74) is 4.42. The van der Waals surface area contributed by atoms with E-state index in [2.05, 4.69) is 57.1 Å². The van der Waals surface area contributed by atoms with Gasteiger partial charge in [-0.25, -0.2) is 9.97 Å². The number of hydrogen-bond donors (Lipinski definition) is 1. The highest BCUT2D eigenvalue weighted by atomic mass is 16.2. The van der Waals surface area contributed by atoms with Crippen molar-refractivity contribution in [1.82, 2.24) is 19.8 Å². The number of carbonyl (C=O) groups excluding carboxylic acids is 1. The van der Waals surface area contributed by atoms with E-state index in [1.807, 2.05) is 19.0 Å². The molecule has 28 heavy (non-hydrogen) atoms. The van der Waals surface area contributed by atoms with E-state index >= 15 is 0 Å². The van der Waals surface area contributed by atoms with E-state index in [0.29, 0.717) is 24.6 Å². The Morgan fingerprint density at radius 3 is 2.43 bits per heavy atom. The van der Waals surface area contributed by atoms with Crippen molar-refractivity contribution in [2.24, 2.45) is 0 Å². The molecule has 1 fully saturated rings. The molecule has 7 nitrogen and oxygen atoms in total. The van der Waals surface area contributed by atoms with Gasteiger partial charge in [-0.05, 0) is 45.1 Å². The Labute approximate surface area is 167 Å². The van der Waals surface area contributed by atoms with E-state index in [0.717, 1.165) is 26.2 Å². The monoisotopic (exact) mass is 382 g/mol. The van der Waals surface area contributed by atoms with Crippen LogP contribution in [0.4, 0.5) is 11.6 Å². The third kappa shape index (κ3) is 4.78. The Bertz CT molecular complexity index is 797. The average Bonchev–Trinajstić information content (AvgIpc) is 2.70. The maximum atomic E-state index is 12.8. The number of rotatable bonds is 6. The standard InChI is InChI=1S/C21H30N6O/c1-16-6-5-7-19(17(16)2)26-10-12-27(13-11-26)20(28)18-14-23-21(24-15-18)22-8-9-25(3)4/h5-7,14-15H,8-13H2,1-4H3,(H,22,23,24). The molecule has 0 saturated carbocycles. The van der Waals surface area contributed by atoms with Crippen LogP contribution in [0.1, 0.15) is 21.5 Å². The third-order valence-electron chi connectivity index (χ3n) is 5.22. The van der Waals surface area contributed by atoms with Gasteiger partial charge in [-0.3, -0.25) is 4.79 Å². The second-order valence-electron chi connectivity index (χ2n) is 7.52. The van der Waals surface area contributed by atoms with E-state index in [1.54, 1.807) is 12.4 Å². The fraction of sp³-hybridized carbons (Fsp3) is 0.476. The van der Waals surface area contributed by atoms with Gasteiger partial charge < -0.3 is 20.0 Å². The maximum Gasteiger partial charge on any atom is 0.257 e. The van der Waals surface area contributed by atoms with Crippen LogP contribution in [0.15, 0.2) is 30.6 Å². The number of benzene rings is 1. The predicted molar refractivity (Wildman–Crippen MR) is 113 cm³/mol. The molecule has 0 radical (unpaired) electrons. The molecule has 0 aliphatic carbocycles. The first-order valence-corrected chi connectivity index (χ1v) is 9.77. The van der Waals surface area contributed by atoms with E-state index in [4.69, 9.17) is 0 Å². The van der Waals surface area contributed by atoms with Crippen molar-refractivity contribution in [3.05, 3.63) is 47.3 Å². The zero-order valence-electron chi connectivity index (χ0n) is 17.3. The Kier molecular flexibility index (Phi) is 6.46. The molecule has 1 N–H and O–H groups in total. The van der Waals surface area contributed by atoms with E-state index in [1.165, 1.54) is 16.8 Å². The molecule has 3 rings (SSSR count). The lowest BCUT2D eigenvalue weighted by Gasteiger charge is -2.37. The van der Waals surface area contributed by atoms with Crippen LogP contribution in [-0.2, 0) is 0 Å². The highest BCUT2D eigenvalue weighted by molar-refractivity contribution is 5.93. The number of nitrogens with zero attached hydrogens (tertiary/aromatic N) is 5. The molecular formula is C21H30N6O. The number of aromatic nitrogens is 2. The van der Waals surface area contributed by atoms with Gasteiger partial charge >= 0.3 is 0 Å². The minimum atomic E-state index is 0.000422. The highest BCUT2D eigenvalue weighted by Gasteiger charge is 2.23. The number of piperazine rings is 1. The van der Waals surface area contributed by atoms with Crippen LogP contribution in [0.25, 0.3) is 0 Å². The largest absolute Gasteiger partial charge is 0.368 e. The summed E-state index contributed by atoms with van der Waals surface area (Å²) < 4.78 is 0. The minimum Gasteiger partial charge on any atom is -0.368 e. The summed E-state index contributed by atoms with van der Waals surface area (Å²) in [5, 5.41) is 3.16. The molecule has 0 unspecified atom stereocenters. The quantitative estimate of drug-likeness (QED) is 0.825. The van der Waals surface area contributed by atoms with Crippen LogP contribution >= 0.6 is 0 Å². The van der Waals surface area contributed by atoms with E-state index in [-0.39, 0.29) is 5.91 Å². The highest BCUT2D eigenvalue weighted by Crippen LogP contribution is 2.24. The fourth-order valence-electron chi connectivity index (χ4n) is 3.33. The Hall–Kier alpha value is -2.67. The summed E-state index contributed by atoms with van der Waals surface area (Å²) >= 11 is 0. The zero-order chi connectivity index (χ0) is 20.1. The molecule has 7 heteroatoms. The van der Waals surface area contributed by atoms with Gasteiger partial charge in [0, 0.05) is 57.3 Å². The van der Waals surface area contributed by atoms with Crippen molar-refractivity contribution < 1.29 is 4.79 Å². The number of amides is 1. The number of likely N-dealkylation sites (N-methyl/N-ethyl adjacent to an activating group) is 1. The van der Waals surface area contributed by atoms with Gasteiger partial charge in [-0.1, -0.05) is 12.1 Å². The molecule has 1 aliphatic heterocycles. The minimum absolute atomic E-state index is 0.000422. The molecule has 0 bridgehead atoms. The Morgan fingerprint density at radius 2 is 1.79 bits per heavy atom. The van der Waals surface area contributed by atoms with Gasteiger partial charge in [-0.2, -0.15) is 0 Å². The lowest BCUT2D eigenvalue weighted by atomic mass is 10.1. The van der Waals surface area contributed by atoms with Crippen molar-refractivity contribution in [1.29, 1.82) is 0 Å². The van der Waals surface area contributed by atoms with Gasteiger partial charge in [0.05, 0.1) is 5.56 Å². The summed E-state index contributed by atoms with van der Waals surface area (Å²) in [6.07, 6.45) is 3.23. The topological polar surface area (TPSA) is 64.6 Å². The number of carbonyl (C=O) groups is 1. The van der Waals surface area contributed by atoms with Crippen molar-refractivity contribution in [2.45, 2.75) is 13.8 Å². The third-order valence-corrected chi connectivity index (χ3v) is 5.22. The average molecular weight is 383 g/mol. The molecule has 150 valence electrons. The molecule has 0 spiro atoms. The lowest BCUT2D eigenvalue weighted by Crippen LogP contribution is -2.49. The SMILES string of the molecule is Cc1cccc(N2CCN(C(=O)c3cnc(NCCN(C)C)nc3)CC2)c1C. The van der Waals surface area contributed by atoms with Crippen LogP contribution in [0.5, 0.6) is 0 Å². The molecule has 2 heterocycles. The van der Waals surface area contributed by atoms with Crippen LogP contribution < -0.4 is 10.2 Å². The van der Waals surface area contributed by atoms with Gasteiger partial charge in [0.25, 0.3) is 5.91 Å². The summed E-state index contributed by atoms with van der Waals surface area (Å²) in [5.74, 6) is 0.554. The molecule has 0 atom stereocenters. The molecule has 1 saturated heterocycles. The van der Waals surface area contributed by atoms with Gasteiger partial charge in [0.1, 0.15) is 0 Å². The second-order valence-corrected chi connectivity index (χ2v) is 7.52. The smallest absolute Gasteiger partial charge is 0.257 e. The molecule has 1 amide bonds. The van der Waals surface area contributed by atoms with Crippen molar-refractivity contribution in [3.63, 3.8) is 0 Å². The van der Waals surface area contributed by atoms with Gasteiger partial charge in [0.15, 0.2) is 0 Å². The van der Waals surface area contributed by atoms with Crippen LogP contribution in [0.3, 0.4) is 0 Å². The van der Waals surface area contributed by atoms with Crippen molar-refractivity contribution >= 4 is 17.5 Å². The predicted octanol–water partition coefficient (Wildman–Crippen LogP) is 2.03. The molecule has 2 aromatic rings. The normalized spacial score (nSPS) is 14.5. The number of nitrogens with one attached hydrogen (secondary N) is 1.